The molecule has 3 N–H and O–H groups in total. The fourth-order valence-corrected chi connectivity index (χ4v) is 8.39. The molecule has 4 heterocycles. The molecule has 4 aliphatic rings. The highest BCUT2D eigenvalue weighted by Gasteiger charge is 2.55. The standard InChI is InChI=1S/C40H56N2O11S/c1-5-6-22-47-35-32(42-31(44)17-13-8-7-12-16-30(43)41-23-28-34-36(37(45)49-28)53-40(2,3)52-34)39(54-27-20-18-26(46-4)19-21-27)50-29-24-48-38(51-33(29)35)25-14-10-9-11-15-25/h9-11,14-15,18-21,28-29,32-39,45H,5-8,12-13,16-17,22-24H2,1-4H3,(H,41,43)(H,42,44)/t28-,29?,32?,33+,34-,35-,36?,37?,38?,39+/m1/s1. The highest BCUT2D eigenvalue weighted by molar-refractivity contribution is 7.99. The van der Waals surface area contributed by atoms with Gasteiger partial charge in [-0.25, -0.2) is 0 Å². The minimum absolute atomic E-state index is 0.0887. The Balaban J connectivity index is 1.01. The highest BCUT2D eigenvalue weighted by atomic mass is 32.2. The van der Waals surface area contributed by atoms with E-state index >= 15 is 0 Å². The van der Waals surface area contributed by atoms with E-state index < -0.39 is 60.4 Å². The van der Waals surface area contributed by atoms with Gasteiger partial charge in [-0.3, -0.25) is 9.59 Å². The molecular weight excluding hydrogens is 717 g/mol. The largest absolute Gasteiger partial charge is 0.497 e. The molecule has 2 amide bonds. The lowest BCUT2D eigenvalue weighted by Crippen LogP contribution is -2.66. The number of hydrogen-bond donors (Lipinski definition) is 3. The minimum atomic E-state index is -1.08. The number of benzene rings is 2. The van der Waals surface area contributed by atoms with Crippen LogP contribution in [0, 0.1) is 0 Å². The molecular formula is C40H56N2O11S. The van der Waals surface area contributed by atoms with Crippen molar-refractivity contribution >= 4 is 23.6 Å². The Morgan fingerprint density at radius 1 is 0.889 bits per heavy atom. The number of aliphatic hydroxyl groups excluding tert-OH is 1. The van der Waals surface area contributed by atoms with Gasteiger partial charge in [-0.15, -0.1) is 0 Å². The first-order chi connectivity index (χ1) is 26.1. The zero-order valence-corrected chi connectivity index (χ0v) is 32.5. The van der Waals surface area contributed by atoms with E-state index in [1.165, 1.54) is 11.8 Å². The molecule has 4 saturated heterocycles. The molecule has 6 rings (SSSR count). The Bertz CT molecular complexity index is 1480. The molecule has 0 saturated carbocycles. The summed E-state index contributed by atoms with van der Waals surface area (Å²) in [7, 11) is 1.64. The molecule has 54 heavy (non-hydrogen) atoms. The van der Waals surface area contributed by atoms with E-state index in [2.05, 4.69) is 17.6 Å². The summed E-state index contributed by atoms with van der Waals surface area (Å²) in [4.78, 5) is 27.1. The summed E-state index contributed by atoms with van der Waals surface area (Å²) in [6, 6.07) is 17.1. The predicted octanol–water partition coefficient (Wildman–Crippen LogP) is 4.99. The van der Waals surface area contributed by atoms with E-state index in [1.54, 1.807) is 21.0 Å². The van der Waals surface area contributed by atoms with Crippen LogP contribution in [0.5, 0.6) is 5.75 Å². The van der Waals surface area contributed by atoms with Crippen LogP contribution in [0.15, 0.2) is 59.5 Å². The molecule has 5 unspecified atom stereocenters. The number of methoxy groups -OCH3 is 1. The van der Waals surface area contributed by atoms with Gasteiger partial charge < -0.3 is 53.6 Å². The van der Waals surface area contributed by atoms with Crippen LogP contribution < -0.4 is 15.4 Å². The van der Waals surface area contributed by atoms with Gasteiger partial charge in [-0.1, -0.05) is 68.3 Å². The van der Waals surface area contributed by atoms with Crippen LogP contribution >= 0.6 is 11.8 Å². The molecule has 4 fully saturated rings. The van der Waals surface area contributed by atoms with Gasteiger partial charge in [-0.2, -0.15) is 0 Å². The average Bonchev–Trinajstić information content (AvgIpc) is 3.65. The van der Waals surface area contributed by atoms with Crippen molar-refractivity contribution in [1.29, 1.82) is 0 Å². The fourth-order valence-electron chi connectivity index (χ4n) is 7.26. The van der Waals surface area contributed by atoms with Crippen LogP contribution in [0.25, 0.3) is 0 Å². The topological polar surface area (TPSA) is 152 Å². The van der Waals surface area contributed by atoms with Gasteiger partial charge in [0, 0.05) is 36.5 Å². The Morgan fingerprint density at radius 2 is 1.61 bits per heavy atom. The molecule has 13 nitrogen and oxygen atoms in total. The SMILES string of the molecule is CCCCO[C@@H]1C(NC(=O)CCCCCCC(=O)NC[C@H]2OC(O)C3OC(C)(C)O[C@@H]32)[C@H](Sc2ccc(OC)cc2)OC2COC(c3ccccc3)O[C@@H]21. The molecule has 10 atom stereocenters. The van der Waals surface area contributed by atoms with Crippen LogP contribution in [0.2, 0.25) is 0 Å². The number of rotatable bonds is 18. The number of aliphatic hydroxyl groups is 1. The third-order valence-corrected chi connectivity index (χ3v) is 11.2. The van der Waals surface area contributed by atoms with Crippen molar-refractivity contribution < 1.29 is 52.6 Å². The van der Waals surface area contributed by atoms with Crippen molar-refractivity contribution in [3.8, 4) is 5.75 Å². The predicted molar refractivity (Wildman–Crippen MR) is 200 cm³/mol. The molecule has 2 aromatic carbocycles. The van der Waals surface area contributed by atoms with E-state index in [0.717, 1.165) is 41.9 Å². The molecule has 0 aromatic heterocycles. The summed E-state index contributed by atoms with van der Waals surface area (Å²) in [5.74, 6) is -0.232. The lowest BCUT2D eigenvalue weighted by molar-refractivity contribution is -0.311. The summed E-state index contributed by atoms with van der Waals surface area (Å²) >= 11 is 1.53. The number of thioether (sulfide) groups is 1. The molecule has 0 radical (unpaired) electrons. The lowest BCUT2D eigenvalue weighted by Gasteiger charge is -2.49. The minimum Gasteiger partial charge on any atom is -0.497 e. The number of nitrogens with one attached hydrogen (secondary N) is 2. The van der Waals surface area contributed by atoms with Gasteiger partial charge in [0.25, 0.3) is 0 Å². The number of carbonyl (C=O) groups excluding carboxylic acids is 2. The van der Waals surface area contributed by atoms with Crippen LogP contribution in [-0.4, -0.2) is 104 Å². The van der Waals surface area contributed by atoms with E-state index in [1.807, 2.05) is 54.6 Å². The van der Waals surface area contributed by atoms with Crippen molar-refractivity contribution in [1.82, 2.24) is 10.6 Å². The summed E-state index contributed by atoms with van der Waals surface area (Å²) in [6.07, 6.45) is 1.05. The van der Waals surface area contributed by atoms with Gasteiger partial charge in [0.1, 0.15) is 47.8 Å². The van der Waals surface area contributed by atoms with E-state index in [-0.39, 0.29) is 24.5 Å². The van der Waals surface area contributed by atoms with Crippen molar-refractivity contribution in [3.63, 3.8) is 0 Å². The average molecular weight is 773 g/mol. The maximum Gasteiger partial charge on any atom is 0.220 e. The smallest absolute Gasteiger partial charge is 0.220 e. The van der Waals surface area contributed by atoms with Crippen LogP contribution in [-0.2, 0) is 42.7 Å². The second-order valence-electron chi connectivity index (χ2n) is 14.6. The molecule has 14 heteroatoms. The quantitative estimate of drug-likeness (QED) is 0.175. The van der Waals surface area contributed by atoms with Gasteiger partial charge in [0.05, 0.1) is 19.8 Å². The summed E-state index contributed by atoms with van der Waals surface area (Å²) in [6.45, 7) is 6.79. The van der Waals surface area contributed by atoms with Gasteiger partial charge >= 0.3 is 0 Å². The van der Waals surface area contributed by atoms with Crippen molar-refractivity contribution in [2.24, 2.45) is 0 Å². The number of ether oxygens (including phenoxy) is 8. The number of unbranched alkanes of at least 4 members (excludes halogenated alkanes) is 4. The van der Waals surface area contributed by atoms with Crippen LogP contribution in [0.1, 0.15) is 84.0 Å². The third kappa shape index (κ3) is 10.7. The second-order valence-corrected chi connectivity index (χ2v) is 15.8. The monoisotopic (exact) mass is 772 g/mol. The summed E-state index contributed by atoms with van der Waals surface area (Å²) in [5, 5.41) is 16.3. The number of hydrogen-bond acceptors (Lipinski definition) is 12. The third-order valence-electron chi connectivity index (χ3n) is 10.0. The maximum absolute atomic E-state index is 13.6. The zero-order chi connectivity index (χ0) is 38.1. The number of fused-ring (bicyclic) bond motifs is 2. The summed E-state index contributed by atoms with van der Waals surface area (Å²) < 4.78 is 48.5. The molecule has 298 valence electrons. The van der Waals surface area contributed by atoms with Gasteiger partial charge in [-0.05, 0) is 57.4 Å². The number of carbonyl (C=O) groups is 2. The zero-order valence-electron chi connectivity index (χ0n) is 31.7. The van der Waals surface area contributed by atoms with Crippen molar-refractivity contribution in [3.05, 3.63) is 60.2 Å². The van der Waals surface area contributed by atoms with Crippen molar-refractivity contribution in [2.45, 2.75) is 144 Å². The normalized spacial score (nSPS) is 31.4. The van der Waals surface area contributed by atoms with Crippen LogP contribution in [0.4, 0.5) is 0 Å². The van der Waals surface area contributed by atoms with Gasteiger partial charge in [0.2, 0.25) is 11.8 Å². The Kier molecular flexibility index (Phi) is 14.7. The first kappa shape index (κ1) is 40.9. The maximum atomic E-state index is 13.6. The highest BCUT2D eigenvalue weighted by Crippen LogP contribution is 2.41. The number of amides is 2. The molecule has 0 spiro atoms. The Labute approximate surface area is 322 Å². The summed E-state index contributed by atoms with van der Waals surface area (Å²) in [5.41, 5.74) is 0.451. The van der Waals surface area contributed by atoms with Crippen LogP contribution in [0.3, 0.4) is 0 Å². The Morgan fingerprint density at radius 3 is 2.33 bits per heavy atom. The first-order valence-electron chi connectivity index (χ1n) is 19.3. The van der Waals surface area contributed by atoms with Crippen molar-refractivity contribution in [2.75, 3.05) is 26.9 Å². The first-order valence-corrected chi connectivity index (χ1v) is 20.2. The fraction of sp³-hybridized carbons (Fsp3) is 0.650. The molecule has 4 aliphatic heterocycles. The lowest BCUT2D eigenvalue weighted by atomic mass is 9.96. The molecule has 2 aromatic rings. The van der Waals surface area contributed by atoms with E-state index in [4.69, 9.17) is 37.9 Å². The molecule has 0 bridgehead atoms. The molecule has 0 aliphatic carbocycles. The Hall–Kier alpha value is -2.79. The van der Waals surface area contributed by atoms with E-state index in [9.17, 15) is 14.7 Å². The van der Waals surface area contributed by atoms with Gasteiger partial charge in [0.15, 0.2) is 18.4 Å². The second kappa shape index (κ2) is 19.4. The van der Waals surface area contributed by atoms with E-state index in [0.29, 0.717) is 38.9 Å².